The Morgan fingerprint density at radius 1 is 1.27 bits per heavy atom. The Hall–Kier alpha value is -2.38. The summed E-state index contributed by atoms with van der Waals surface area (Å²) in [5, 5.41) is 1.07. The Balaban J connectivity index is 2.08. The number of hydrogen-bond donors (Lipinski definition) is 0. The number of aromatic nitrogens is 2. The summed E-state index contributed by atoms with van der Waals surface area (Å²) in [4.78, 5) is 42.5. The Labute approximate surface area is 183 Å². The van der Waals surface area contributed by atoms with Crippen molar-refractivity contribution in [3.8, 4) is 5.69 Å². The molecule has 1 amide bonds. The van der Waals surface area contributed by atoms with E-state index >= 15 is 0 Å². The number of carbonyl (C=O) groups excluding carboxylic acids is 1. The quantitative estimate of drug-likeness (QED) is 0.617. The number of fused-ring (bicyclic) bond motifs is 3. The molecule has 0 saturated carbocycles. The fourth-order valence-corrected chi connectivity index (χ4v) is 5.56. The van der Waals surface area contributed by atoms with Crippen LogP contribution in [0.3, 0.4) is 0 Å². The minimum absolute atomic E-state index is 0.0182. The molecule has 0 N–H and O–H groups in total. The number of nitrogens with zero attached hydrogens (tertiary/aromatic N) is 3. The van der Waals surface area contributed by atoms with Gasteiger partial charge < -0.3 is 4.90 Å². The topological polar surface area (TPSA) is 64.3 Å². The molecule has 6 nitrogen and oxygen atoms in total. The molecule has 1 aliphatic rings. The van der Waals surface area contributed by atoms with Crippen molar-refractivity contribution in [3.05, 3.63) is 60.1 Å². The Morgan fingerprint density at radius 2 is 2.00 bits per heavy atom. The van der Waals surface area contributed by atoms with Crippen LogP contribution in [0.15, 0.2) is 27.8 Å². The van der Waals surface area contributed by atoms with Crippen LogP contribution in [0, 0.1) is 12.8 Å². The number of hydrogen-bond acceptors (Lipinski definition) is 4. The average molecular weight is 446 g/mol. The van der Waals surface area contributed by atoms with Gasteiger partial charge in [0.15, 0.2) is 0 Å². The SMILES string of the molecule is CC(=O)N1CCc2c(sc3c2c(=O)n(-c2cc(Cl)ccc2C)c(=O)n3CC(C)C)C1. The average Bonchev–Trinajstić information content (AvgIpc) is 3.06. The van der Waals surface area contributed by atoms with Gasteiger partial charge in [-0.2, -0.15) is 0 Å². The maximum Gasteiger partial charge on any atom is 0.336 e. The van der Waals surface area contributed by atoms with Crippen molar-refractivity contribution >= 4 is 39.1 Å². The van der Waals surface area contributed by atoms with Crippen LogP contribution in [0.2, 0.25) is 5.02 Å². The maximum atomic E-state index is 13.6. The number of amides is 1. The third-order valence-corrected chi connectivity index (χ3v) is 7.00. The largest absolute Gasteiger partial charge is 0.337 e. The molecule has 0 unspecified atom stereocenters. The van der Waals surface area contributed by atoms with Crippen LogP contribution in [0.1, 0.15) is 36.8 Å². The Morgan fingerprint density at radius 3 is 2.67 bits per heavy atom. The van der Waals surface area contributed by atoms with Gasteiger partial charge in [0.25, 0.3) is 5.56 Å². The lowest BCUT2D eigenvalue weighted by Crippen LogP contribution is -2.40. The van der Waals surface area contributed by atoms with E-state index in [-0.39, 0.29) is 23.1 Å². The first-order chi connectivity index (χ1) is 14.2. The van der Waals surface area contributed by atoms with Gasteiger partial charge in [0.2, 0.25) is 5.91 Å². The number of halogens is 1. The van der Waals surface area contributed by atoms with Gasteiger partial charge in [0.05, 0.1) is 17.6 Å². The van der Waals surface area contributed by atoms with Crippen LogP contribution < -0.4 is 11.2 Å². The van der Waals surface area contributed by atoms with Gasteiger partial charge in [0.1, 0.15) is 4.83 Å². The van der Waals surface area contributed by atoms with Crippen LogP contribution in [0.25, 0.3) is 15.9 Å². The molecule has 0 saturated heterocycles. The second kappa shape index (κ2) is 7.71. The predicted molar refractivity (Wildman–Crippen MR) is 121 cm³/mol. The lowest BCUT2D eigenvalue weighted by atomic mass is 10.1. The van der Waals surface area contributed by atoms with Crippen LogP contribution >= 0.6 is 22.9 Å². The van der Waals surface area contributed by atoms with Gasteiger partial charge in [-0.25, -0.2) is 9.36 Å². The Bertz CT molecular complexity index is 1290. The van der Waals surface area contributed by atoms with E-state index in [0.29, 0.717) is 47.0 Å². The first-order valence-electron chi connectivity index (χ1n) is 10.0. The van der Waals surface area contributed by atoms with Gasteiger partial charge in [-0.3, -0.25) is 14.2 Å². The standard InChI is InChI=1S/C22H24ClN3O3S/c1-12(2)10-25-21-19(16-7-8-24(14(4)27)11-18(16)30-21)20(28)26(22(25)29)17-9-15(23)6-5-13(17)3/h5-6,9,12H,7-8,10-11H2,1-4H3. The zero-order valence-electron chi connectivity index (χ0n) is 17.5. The van der Waals surface area contributed by atoms with Crippen LogP contribution in [-0.2, 0) is 24.3 Å². The first kappa shape index (κ1) is 20.9. The molecule has 30 heavy (non-hydrogen) atoms. The summed E-state index contributed by atoms with van der Waals surface area (Å²) in [5.41, 5.74) is 1.62. The smallest absolute Gasteiger partial charge is 0.336 e. The van der Waals surface area contributed by atoms with E-state index in [0.717, 1.165) is 16.0 Å². The number of rotatable bonds is 3. The van der Waals surface area contributed by atoms with Gasteiger partial charge in [-0.15, -0.1) is 11.3 Å². The molecule has 1 aromatic carbocycles. The fourth-order valence-electron chi connectivity index (χ4n) is 4.04. The predicted octanol–water partition coefficient (Wildman–Crippen LogP) is 3.74. The monoisotopic (exact) mass is 445 g/mol. The van der Waals surface area contributed by atoms with Crippen molar-refractivity contribution in [2.45, 2.75) is 47.2 Å². The van der Waals surface area contributed by atoms with Crippen LogP contribution in [0.5, 0.6) is 0 Å². The molecule has 0 bridgehead atoms. The molecule has 0 fully saturated rings. The van der Waals surface area contributed by atoms with Gasteiger partial charge in [0, 0.05) is 29.9 Å². The molecule has 4 rings (SSSR count). The molecule has 3 heterocycles. The summed E-state index contributed by atoms with van der Waals surface area (Å²) in [7, 11) is 0. The zero-order chi connectivity index (χ0) is 21.7. The van der Waals surface area contributed by atoms with Crippen molar-refractivity contribution in [3.63, 3.8) is 0 Å². The second-order valence-corrected chi connectivity index (χ2v) is 9.75. The summed E-state index contributed by atoms with van der Waals surface area (Å²) >= 11 is 7.65. The molecule has 2 aromatic heterocycles. The van der Waals surface area contributed by atoms with Crippen LogP contribution in [-0.4, -0.2) is 26.5 Å². The van der Waals surface area contributed by atoms with E-state index in [9.17, 15) is 14.4 Å². The van der Waals surface area contributed by atoms with Crippen molar-refractivity contribution in [1.82, 2.24) is 14.0 Å². The molecule has 3 aromatic rings. The highest BCUT2D eigenvalue weighted by Crippen LogP contribution is 2.33. The lowest BCUT2D eigenvalue weighted by molar-refractivity contribution is -0.129. The lowest BCUT2D eigenvalue weighted by Gasteiger charge is -2.25. The summed E-state index contributed by atoms with van der Waals surface area (Å²) in [5.74, 6) is 0.245. The second-order valence-electron chi connectivity index (χ2n) is 8.23. The maximum absolute atomic E-state index is 13.6. The van der Waals surface area contributed by atoms with Crippen molar-refractivity contribution in [1.29, 1.82) is 0 Å². The summed E-state index contributed by atoms with van der Waals surface area (Å²) in [6, 6.07) is 5.23. The highest BCUT2D eigenvalue weighted by Gasteiger charge is 2.28. The van der Waals surface area contributed by atoms with E-state index in [1.165, 1.54) is 15.9 Å². The van der Waals surface area contributed by atoms with Crippen molar-refractivity contribution in [2.24, 2.45) is 5.92 Å². The normalized spacial score (nSPS) is 13.9. The number of aryl methyl sites for hydroxylation is 1. The molecule has 158 valence electrons. The first-order valence-corrected chi connectivity index (χ1v) is 11.2. The van der Waals surface area contributed by atoms with E-state index in [1.54, 1.807) is 28.5 Å². The van der Waals surface area contributed by atoms with Gasteiger partial charge >= 0.3 is 5.69 Å². The minimum Gasteiger partial charge on any atom is -0.337 e. The molecular formula is C22H24ClN3O3S. The molecule has 0 radical (unpaired) electrons. The van der Waals surface area contributed by atoms with E-state index in [1.807, 2.05) is 26.8 Å². The summed E-state index contributed by atoms with van der Waals surface area (Å²) < 4.78 is 2.97. The molecule has 0 spiro atoms. The Kier molecular flexibility index (Phi) is 5.36. The van der Waals surface area contributed by atoms with E-state index < -0.39 is 0 Å². The summed E-state index contributed by atoms with van der Waals surface area (Å²) in [6.07, 6.45) is 0.610. The highest BCUT2D eigenvalue weighted by molar-refractivity contribution is 7.18. The van der Waals surface area contributed by atoms with Gasteiger partial charge in [-0.1, -0.05) is 31.5 Å². The van der Waals surface area contributed by atoms with E-state index in [2.05, 4.69) is 0 Å². The number of thiophene rings is 1. The van der Waals surface area contributed by atoms with Gasteiger partial charge in [-0.05, 0) is 42.5 Å². The molecule has 0 aliphatic carbocycles. The number of carbonyl (C=O) groups is 1. The summed E-state index contributed by atoms with van der Waals surface area (Å²) in [6.45, 7) is 9.07. The van der Waals surface area contributed by atoms with E-state index in [4.69, 9.17) is 11.6 Å². The fraction of sp³-hybridized carbons (Fsp3) is 0.409. The molecule has 0 atom stereocenters. The minimum atomic E-state index is -0.353. The highest BCUT2D eigenvalue weighted by atomic mass is 35.5. The number of benzene rings is 1. The molecular weight excluding hydrogens is 422 g/mol. The third kappa shape index (κ3) is 3.40. The van der Waals surface area contributed by atoms with Crippen molar-refractivity contribution in [2.75, 3.05) is 6.54 Å². The van der Waals surface area contributed by atoms with Crippen molar-refractivity contribution < 1.29 is 4.79 Å². The zero-order valence-corrected chi connectivity index (χ0v) is 19.1. The molecule has 8 heteroatoms. The molecule has 1 aliphatic heterocycles. The van der Waals surface area contributed by atoms with Crippen LogP contribution in [0.4, 0.5) is 0 Å². The third-order valence-electron chi connectivity index (χ3n) is 5.53.